The average molecular weight is 201 g/mol. The fourth-order valence-corrected chi connectivity index (χ4v) is 0.974. The summed E-state index contributed by atoms with van der Waals surface area (Å²) in [6.07, 6.45) is 0.662. The molecule has 13 heavy (non-hydrogen) atoms. The molecule has 2 N–H and O–H groups in total. The normalized spacial score (nSPS) is 11.8. The van der Waals surface area contributed by atoms with Crippen LogP contribution in [-0.2, 0) is 0 Å². The molecule has 0 saturated carbocycles. The summed E-state index contributed by atoms with van der Waals surface area (Å²) in [7, 11) is 0. The Morgan fingerprint density at radius 1 is 1.62 bits per heavy atom. The van der Waals surface area contributed by atoms with Gasteiger partial charge in [-0.15, -0.1) is 0 Å². The van der Waals surface area contributed by atoms with Gasteiger partial charge in [0.25, 0.3) is 0 Å². The van der Waals surface area contributed by atoms with Gasteiger partial charge in [0.05, 0.1) is 16.5 Å². The minimum atomic E-state index is -0.448. The average Bonchev–Trinajstić information content (AvgIpc) is 2.11. The van der Waals surface area contributed by atoms with E-state index in [9.17, 15) is 4.39 Å². The van der Waals surface area contributed by atoms with E-state index < -0.39 is 5.82 Å². The summed E-state index contributed by atoms with van der Waals surface area (Å²) in [5.41, 5.74) is 6.08. The molecule has 0 radical (unpaired) electrons. The Labute approximate surface area is 81.2 Å². The highest BCUT2D eigenvalue weighted by Gasteiger charge is 1.99. The number of nitrogens with zero attached hydrogens (tertiary/aromatic N) is 1. The van der Waals surface area contributed by atoms with Crippen molar-refractivity contribution >= 4 is 23.1 Å². The van der Waals surface area contributed by atoms with Gasteiger partial charge in [-0.25, -0.2) is 9.38 Å². The molecule has 1 aromatic carbocycles. The van der Waals surface area contributed by atoms with Crippen LogP contribution in [0.4, 0.5) is 10.1 Å². The van der Waals surface area contributed by atoms with E-state index in [0.29, 0.717) is 17.9 Å². The van der Waals surface area contributed by atoms with E-state index in [4.69, 9.17) is 17.3 Å². The molecule has 0 spiro atoms. The zero-order valence-electron chi connectivity index (χ0n) is 7.22. The highest BCUT2D eigenvalue weighted by atomic mass is 35.5. The molecule has 1 aromatic rings. The number of amidine groups is 1. The number of rotatable bonds is 2. The van der Waals surface area contributed by atoms with Crippen molar-refractivity contribution in [3.8, 4) is 0 Å². The lowest BCUT2D eigenvalue weighted by Crippen LogP contribution is -2.08. The van der Waals surface area contributed by atoms with Crippen molar-refractivity contribution in [3.63, 3.8) is 0 Å². The molecule has 0 aliphatic carbocycles. The number of halogens is 2. The van der Waals surface area contributed by atoms with Gasteiger partial charge in [0.2, 0.25) is 0 Å². The largest absolute Gasteiger partial charge is 0.387 e. The molecule has 4 heteroatoms. The van der Waals surface area contributed by atoms with Crippen LogP contribution in [0.5, 0.6) is 0 Å². The quantitative estimate of drug-likeness (QED) is 0.579. The molecular weight excluding hydrogens is 191 g/mol. The summed E-state index contributed by atoms with van der Waals surface area (Å²) in [4.78, 5) is 4.02. The SMILES string of the molecule is CCC(N)=Nc1ccc(F)c(Cl)c1. The summed E-state index contributed by atoms with van der Waals surface area (Å²) in [6.45, 7) is 1.89. The van der Waals surface area contributed by atoms with Gasteiger partial charge >= 0.3 is 0 Å². The highest BCUT2D eigenvalue weighted by Crippen LogP contribution is 2.21. The van der Waals surface area contributed by atoms with E-state index >= 15 is 0 Å². The molecule has 0 saturated heterocycles. The van der Waals surface area contributed by atoms with E-state index in [1.807, 2.05) is 6.92 Å². The lowest BCUT2D eigenvalue weighted by molar-refractivity contribution is 0.628. The van der Waals surface area contributed by atoms with Crippen molar-refractivity contribution in [2.24, 2.45) is 10.7 Å². The fourth-order valence-electron chi connectivity index (χ4n) is 0.799. The summed E-state index contributed by atoms with van der Waals surface area (Å²) in [5, 5.41) is 0.0603. The molecule has 0 aliphatic rings. The third kappa shape index (κ3) is 2.70. The molecule has 0 atom stereocenters. The van der Waals surface area contributed by atoms with Crippen molar-refractivity contribution in [1.29, 1.82) is 0 Å². The Morgan fingerprint density at radius 2 is 2.31 bits per heavy atom. The standard InChI is InChI=1S/C9H10ClFN2/c1-2-9(12)13-6-3-4-8(11)7(10)5-6/h3-5H,2H2,1H3,(H2,12,13). The molecule has 0 amide bonds. The summed E-state index contributed by atoms with van der Waals surface area (Å²) >= 11 is 5.56. The number of aliphatic imine (C=N–C) groups is 1. The van der Waals surface area contributed by atoms with Crippen molar-refractivity contribution in [2.45, 2.75) is 13.3 Å². The first-order valence-electron chi connectivity index (χ1n) is 3.91. The van der Waals surface area contributed by atoms with Gasteiger partial charge < -0.3 is 5.73 Å². The highest BCUT2D eigenvalue weighted by molar-refractivity contribution is 6.31. The zero-order chi connectivity index (χ0) is 9.84. The first-order valence-corrected chi connectivity index (χ1v) is 4.29. The van der Waals surface area contributed by atoms with Gasteiger partial charge in [-0.3, -0.25) is 0 Å². The van der Waals surface area contributed by atoms with Crippen LogP contribution in [0.1, 0.15) is 13.3 Å². The van der Waals surface area contributed by atoms with Gasteiger partial charge in [-0.1, -0.05) is 18.5 Å². The van der Waals surface area contributed by atoms with E-state index in [-0.39, 0.29) is 5.02 Å². The number of nitrogens with two attached hydrogens (primary N) is 1. The fraction of sp³-hybridized carbons (Fsp3) is 0.222. The van der Waals surface area contributed by atoms with Crippen LogP contribution < -0.4 is 5.73 Å². The van der Waals surface area contributed by atoms with Crippen molar-refractivity contribution in [1.82, 2.24) is 0 Å². The molecule has 1 rings (SSSR count). The minimum absolute atomic E-state index is 0.0603. The molecular formula is C9H10ClFN2. The van der Waals surface area contributed by atoms with Crippen LogP contribution in [0.2, 0.25) is 5.02 Å². The lowest BCUT2D eigenvalue weighted by atomic mass is 10.3. The second-order valence-corrected chi connectivity index (χ2v) is 2.96. The van der Waals surface area contributed by atoms with Crippen LogP contribution in [0.3, 0.4) is 0 Å². The van der Waals surface area contributed by atoms with Crippen LogP contribution >= 0.6 is 11.6 Å². The second-order valence-electron chi connectivity index (χ2n) is 2.56. The number of hydrogen-bond donors (Lipinski definition) is 1. The third-order valence-corrected chi connectivity index (χ3v) is 1.83. The first-order chi connectivity index (χ1) is 6.13. The zero-order valence-corrected chi connectivity index (χ0v) is 7.98. The second kappa shape index (κ2) is 4.23. The van der Waals surface area contributed by atoms with E-state index in [1.54, 1.807) is 0 Å². The van der Waals surface area contributed by atoms with Gasteiger partial charge in [0.15, 0.2) is 0 Å². The maximum Gasteiger partial charge on any atom is 0.141 e. The minimum Gasteiger partial charge on any atom is -0.387 e. The van der Waals surface area contributed by atoms with Gasteiger partial charge in [-0.05, 0) is 18.2 Å². The molecule has 0 heterocycles. The van der Waals surface area contributed by atoms with Crippen LogP contribution in [0.15, 0.2) is 23.2 Å². The van der Waals surface area contributed by atoms with E-state index in [0.717, 1.165) is 0 Å². The van der Waals surface area contributed by atoms with Crippen molar-refractivity contribution in [2.75, 3.05) is 0 Å². The molecule has 0 fully saturated rings. The molecule has 0 aliphatic heterocycles. The molecule has 0 bridgehead atoms. The maximum absolute atomic E-state index is 12.7. The van der Waals surface area contributed by atoms with E-state index in [2.05, 4.69) is 4.99 Å². The Morgan fingerprint density at radius 3 is 2.85 bits per heavy atom. The van der Waals surface area contributed by atoms with Gasteiger partial charge in [-0.2, -0.15) is 0 Å². The van der Waals surface area contributed by atoms with Crippen LogP contribution in [-0.4, -0.2) is 5.84 Å². The lowest BCUT2D eigenvalue weighted by Gasteiger charge is -1.98. The van der Waals surface area contributed by atoms with Crippen LogP contribution in [0, 0.1) is 5.82 Å². The Balaban J connectivity index is 2.98. The van der Waals surface area contributed by atoms with Crippen LogP contribution in [0.25, 0.3) is 0 Å². The Hall–Kier alpha value is -1.09. The topological polar surface area (TPSA) is 38.4 Å². The molecule has 2 nitrogen and oxygen atoms in total. The molecule has 0 aromatic heterocycles. The predicted octanol–water partition coefficient (Wildman–Crippen LogP) is 2.88. The number of benzene rings is 1. The third-order valence-electron chi connectivity index (χ3n) is 1.54. The number of hydrogen-bond acceptors (Lipinski definition) is 1. The molecule has 0 unspecified atom stereocenters. The smallest absolute Gasteiger partial charge is 0.141 e. The Kier molecular flexibility index (Phi) is 3.25. The molecule has 70 valence electrons. The summed E-state index contributed by atoms with van der Waals surface area (Å²) < 4.78 is 12.7. The van der Waals surface area contributed by atoms with Crippen molar-refractivity contribution in [3.05, 3.63) is 29.0 Å². The summed E-state index contributed by atoms with van der Waals surface area (Å²) in [6, 6.07) is 4.24. The van der Waals surface area contributed by atoms with Crippen molar-refractivity contribution < 1.29 is 4.39 Å². The summed E-state index contributed by atoms with van der Waals surface area (Å²) in [5.74, 6) is 0.0540. The monoisotopic (exact) mass is 200 g/mol. The first kappa shape index (κ1) is 9.99. The predicted molar refractivity (Wildman–Crippen MR) is 53.0 cm³/mol. The van der Waals surface area contributed by atoms with Gasteiger partial charge in [0, 0.05) is 6.42 Å². The van der Waals surface area contributed by atoms with Gasteiger partial charge in [0.1, 0.15) is 5.82 Å². The van der Waals surface area contributed by atoms with E-state index in [1.165, 1.54) is 18.2 Å². The Bertz CT molecular complexity index is 336. The maximum atomic E-state index is 12.7.